The molecule has 3 aromatic rings. The van der Waals surface area contributed by atoms with Crippen LogP contribution in [0, 0.1) is 0 Å². The summed E-state index contributed by atoms with van der Waals surface area (Å²) in [6.45, 7) is 0. The molecule has 0 amide bonds. The van der Waals surface area contributed by atoms with Crippen LogP contribution in [0.15, 0.2) is 81.7 Å². The van der Waals surface area contributed by atoms with Crippen molar-refractivity contribution in [3.05, 3.63) is 103 Å². The predicted octanol–water partition coefficient (Wildman–Crippen LogP) is -0.897. The molecule has 0 N–H and O–H groups in total. The van der Waals surface area contributed by atoms with Gasteiger partial charge in [-0.05, 0) is 0 Å². The van der Waals surface area contributed by atoms with Gasteiger partial charge in [0.05, 0.1) is 0 Å². The first-order chi connectivity index (χ1) is 13.7. The van der Waals surface area contributed by atoms with Gasteiger partial charge >= 0.3 is 184 Å². The first-order valence-corrected chi connectivity index (χ1v) is 16.3. The number of hydrogen-bond donors (Lipinski definition) is 0. The summed E-state index contributed by atoms with van der Waals surface area (Å²) in [7, 11) is 6.42. The second-order valence-electron chi connectivity index (χ2n) is 7.29. The van der Waals surface area contributed by atoms with Gasteiger partial charge in [0.25, 0.3) is 0 Å². The number of benzene rings is 3. The number of halogens is 3. The van der Waals surface area contributed by atoms with E-state index >= 15 is 0 Å². The van der Waals surface area contributed by atoms with Crippen molar-refractivity contribution in [3.8, 4) is 11.1 Å². The van der Waals surface area contributed by atoms with E-state index in [0.717, 1.165) is 5.76 Å². The van der Waals surface area contributed by atoms with Crippen LogP contribution >= 0.6 is 24.8 Å². The average molecular weight is 593 g/mol. The molecule has 1 unspecified atom stereocenters. The summed E-state index contributed by atoms with van der Waals surface area (Å²) in [5, 5.41) is 2.34. The molecule has 1 atom stereocenters. The number of fused-ring (bicyclic) bond motifs is 5. The van der Waals surface area contributed by atoms with Crippen molar-refractivity contribution in [1.82, 2.24) is 0 Å². The van der Waals surface area contributed by atoms with Gasteiger partial charge < -0.3 is 24.8 Å². The monoisotopic (exact) mass is 590 g/mol. The van der Waals surface area contributed by atoms with Crippen molar-refractivity contribution in [2.24, 2.45) is 0 Å². The maximum atomic E-state index is 6.42. The van der Waals surface area contributed by atoms with Crippen LogP contribution in [0.4, 0.5) is 0 Å². The average Bonchev–Trinajstić information content (AvgIpc) is 3.34. The molecular formula is C24H15BrCl2OSZr. The van der Waals surface area contributed by atoms with Crippen LogP contribution in [0.5, 0.6) is 0 Å². The topological polar surface area (TPSA) is 9.23 Å². The Hall–Kier alpha value is -0.897. The third-order valence-electron chi connectivity index (χ3n) is 5.85. The normalized spacial score (nSPS) is 17.3. The number of ether oxygens (including phenoxy) is 1. The molecule has 3 aliphatic rings. The zero-order valence-corrected chi connectivity index (χ0v) is 22.0. The van der Waals surface area contributed by atoms with Crippen LogP contribution in [0.2, 0.25) is 0 Å². The van der Waals surface area contributed by atoms with Gasteiger partial charge in [-0.2, -0.15) is 0 Å². The Bertz CT molecular complexity index is 1310. The molecule has 148 valence electrons. The van der Waals surface area contributed by atoms with E-state index in [4.69, 9.17) is 13.6 Å². The van der Waals surface area contributed by atoms with E-state index in [9.17, 15) is 0 Å². The third kappa shape index (κ3) is 3.19. The fourth-order valence-electron chi connectivity index (χ4n) is 4.65. The van der Waals surface area contributed by atoms with Gasteiger partial charge in [0.1, 0.15) is 0 Å². The Kier molecular flexibility index (Phi) is 6.37. The zero-order chi connectivity index (χ0) is 18.8. The summed E-state index contributed by atoms with van der Waals surface area (Å²) in [5.74, 6) is 1.01. The summed E-state index contributed by atoms with van der Waals surface area (Å²) >= 11 is 1.28. The van der Waals surface area contributed by atoms with Crippen LogP contribution < -0.4 is 35.3 Å². The SMILES string of the molecule is [Cl-].[Cl-].[S]=[Zr+2]([C]1=C2C=c3ccccc3=C2OC1Br)[CH]1c2ccccc2-c2ccccc21. The van der Waals surface area contributed by atoms with Gasteiger partial charge in [0, 0.05) is 0 Å². The Morgan fingerprint density at radius 1 is 0.800 bits per heavy atom. The third-order valence-corrected chi connectivity index (χ3v) is 15.7. The van der Waals surface area contributed by atoms with Crippen molar-refractivity contribution < 1.29 is 49.3 Å². The zero-order valence-electron chi connectivity index (χ0n) is 15.6. The second-order valence-corrected chi connectivity index (χ2v) is 15.3. The molecular weight excluding hydrogens is 578 g/mol. The Morgan fingerprint density at radius 3 is 2.03 bits per heavy atom. The Morgan fingerprint density at radius 2 is 1.37 bits per heavy atom. The molecule has 0 saturated heterocycles. The summed E-state index contributed by atoms with van der Waals surface area (Å²) in [5.41, 5.74) is 6.76. The van der Waals surface area contributed by atoms with Crippen LogP contribution in [0.1, 0.15) is 14.8 Å². The van der Waals surface area contributed by atoms with Gasteiger partial charge in [-0.25, -0.2) is 0 Å². The summed E-state index contributed by atoms with van der Waals surface area (Å²) in [6.07, 6.45) is 2.28. The summed E-state index contributed by atoms with van der Waals surface area (Å²) in [6, 6.07) is 26.0. The van der Waals surface area contributed by atoms with E-state index in [1.807, 2.05) is 0 Å². The Labute approximate surface area is 207 Å². The van der Waals surface area contributed by atoms with Crippen molar-refractivity contribution in [2.75, 3.05) is 0 Å². The van der Waals surface area contributed by atoms with Gasteiger partial charge in [0.15, 0.2) is 0 Å². The molecule has 6 heteroatoms. The van der Waals surface area contributed by atoms with E-state index in [1.165, 1.54) is 41.5 Å². The van der Waals surface area contributed by atoms with E-state index in [1.54, 1.807) is 0 Å². The first kappa shape index (κ1) is 22.3. The van der Waals surface area contributed by atoms with Crippen molar-refractivity contribution in [2.45, 2.75) is 8.64 Å². The standard InChI is InChI=1S/C13H9.C11H6BrO.2ClH.S.Zr/c1-3-7-12-10(5-1)9-11-6-2-4-8-13(11)12;12-10-6-8-5-7-3-1-2-4-9(7)11(8)13-10;;;;/h1-9H;1-5,10H;2*1H;;/q;;;;;+2/p-2. The molecule has 1 nitrogen and oxygen atoms in total. The quantitative estimate of drug-likeness (QED) is 0.357. The van der Waals surface area contributed by atoms with Crippen molar-refractivity contribution in [1.29, 1.82) is 0 Å². The molecule has 1 aliphatic heterocycles. The predicted molar refractivity (Wildman–Crippen MR) is 116 cm³/mol. The maximum absolute atomic E-state index is 6.42. The van der Waals surface area contributed by atoms with Crippen molar-refractivity contribution in [3.63, 3.8) is 0 Å². The Balaban J connectivity index is 0.00000109. The van der Waals surface area contributed by atoms with Crippen LogP contribution in [-0.4, -0.2) is 5.01 Å². The number of rotatable bonds is 2. The van der Waals surface area contributed by atoms with E-state index in [0.29, 0.717) is 3.63 Å². The molecule has 3 aromatic carbocycles. The van der Waals surface area contributed by atoms with E-state index < -0.39 is 19.7 Å². The van der Waals surface area contributed by atoms with Crippen LogP contribution in [-0.2, 0) is 24.4 Å². The molecule has 6 rings (SSSR count). The van der Waals surface area contributed by atoms with Crippen LogP contribution in [0.3, 0.4) is 0 Å². The van der Waals surface area contributed by atoms with E-state index in [-0.39, 0.29) is 29.8 Å². The first-order valence-electron chi connectivity index (χ1n) is 9.33. The molecule has 30 heavy (non-hydrogen) atoms. The minimum atomic E-state index is -2.52. The molecule has 2 aliphatic carbocycles. The van der Waals surface area contributed by atoms with E-state index in [2.05, 4.69) is 94.8 Å². The van der Waals surface area contributed by atoms with Gasteiger partial charge in [-0.3, -0.25) is 0 Å². The fourth-order valence-corrected chi connectivity index (χ4v) is 15.4. The molecule has 0 saturated carbocycles. The van der Waals surface area contributed by atoms with Gasteiger partial charge in [-0.15, -0.1) is 0 Å². The second kappa shape index (κ2) is 8.56. The summed E-state index contributed by atoms with van der Waals surface area (Å²) in [4.78, 5) is 0. The number of hydrogen-bond acceptors (Lipinski definition) is 2. The van der Waals surface area contributed by atoms with Crippen molar-refractivity contribution >= 4 is 36.6 Å². The van der Waals surface area contributed by atoms with Gasteiger partial charge in [0.2, 0.25) is 0 Å². The molecule has 0 aromatic heterocycles. The summed E-state index contributed by atoms with van der Waals surface area (Å²) < 4.78 is 8.01. The molecule has 0 radical (unpaired) electrons. The molecule has 0 fully saturated rings. The molecule has 0 bridgehead atoms. The van der Waals surface area contributed by atoms with Gasteiger partial charge in [-0.1, -0.05) is 0 Å². The number of alkyl halides is 1. The minimum absolute atomic E-state index is 0. The van der Waals surface area contributed by atoms with Crippen LogP contribution in [0.25, 0.3) is 23.0 Å². The fraction of sp³-hybridized carbons (Fsp3) is 0.0833. The molecule has 0 spiro atoms. The molecule has 1 heterocycles.